The minimum absolute atomic E-state index is 0.0937. The van der Waals surface area contributed by atoms with Crippen LogP contribution in [0.1, 0.15) is 33.6 Å². The molecule has 92 valence electrons. The number of aryl methyl sites for hydroxylation is 2. The number of carboxylic acids is 1. The van der Waals surface area contributed by atoms with Crippen LogP contribution in [0, 0.1) is 0 Å². The lowest BCUT2D eigenvalue weighted by molar-refractivity contribution is 0.0689. The third-order valence-corrected chi connectivity index (χ3v) is 3.37. The molecule has 1 aromatic heterocycles. The lowest BCUT2D eigenvalue weighted by Crippen LogP contribution is -2.04. The van der Waals surface area contributed by atoms with Gasteiger partial charge in [0.25, 0.3) is 0 Å². The van der Waals surface area contributed by atoms with Crippen molar-refractivity contribution in [2.75, 3.05) is 0 Å². The third-order valence-electron chi connectivity index (χ3n) is 3.37. The minimum Gasteiger partial charge on any atom is -0.476 e. The maximum atomic E-state index is 10.7. The predicted molar refractivity (Wildman–Crippen MR) is 66.8 cm³/mol. The number of nitrogens with zero attached hydrogens (tertiary/aromatic N) is 2. The van der Waals surface area contributed by atoms with Gasteiger partial charge in [0.15, 0.2) is 5.69 Å². The monoisotopic (exact) mass is 242 g/mol. The van der Waals surface area contributed by atoms with E-state index in [4.69, 9.17) is 5.11 Å². The van der Waals surface area contributed by atoms with Crippen LogP contribution in [-0.4, -0.2) is 20.9 Å². The molecule has 0 saturated heterocycles. The van der Waals surface area contributed by atoms with Gasteiger partial charge in [-0.15, -0.1) is 0 Å². The van der Waals surface area contributed by atoms with Crippen LogP contribution in [0.25, 0.3) is 0 Å². The number of fused-ring (bicyclic) bond motifs is 1. The molecule has 0 fully saturated rings. The maximum Gasteiger partial charge on any atom is 0.356 e. The molecule has 1 N–H and O–H groups in total. The molecule has 4 heteroatoms. The smallest absolute Gasteiger partial charge is 0.356 e. The molecule has 1 heterocycles. The van der Waals surface area contributed by atoms with Crippen molar-refractivity contribution in [3.05, 3.63) is 52.8 Å². The van der Waals surface area contributed by atoms with E-state index in [9.17, 15) is 4.79 Å². The molecule has 0 aliphatic heterocycles. The molecular weight excluding hydrogens is 228 g/mol. The van der Waals surface area contributed by atoms with Crippen molar-refractivity contribution in [1.82, 2.24) is 9.78 Å². The Bertz CT molecular complexity index is 602. The molecule has 1 aromatic carbocycles. The van der Waals surface area contributed by atoms with E-state index in [0.717, 1.165) is 6.42 Å². The molecule has 2 aromatic rings. The Kier molecular flexibility index (Phi) is 2.63. The van der Waals surface area contributed by atoms with Gasteiger partial charge in [0.05, 0.1) is 6.54 Å². The minimum atomic E-state index is -0.984. The van der Waals surface area contributed by atoms with Gasteiger partial charge >= 0.3 is 5.97 Å². The van der Waals surface area contributed by atoms with Gasteiger partial charge in [-0.1, -0.05) is 18.2 Å². The average molecular weight is 242 g/mol. The highest BCUT2D eigenvalue weighted by atomic mass is 16.4. The SMILES string of the molecule is O=C(O)c1ccn(Cc2ccc3c(c2)CCC3)n1. The highest BCUT2D eigenvalue weighted by Crippen LogP contribution is 2.23. The number of rotatable bonds is 3. The fourth-order valence-corrected chi connectivity index (χ4v) is 2.47. The molecular formula is C14H14N2O2. The lowest BCUT2D eigenvalue weighted by Gasteiger charge is -2.05. The second-order valence-corrected chi connectivity index (χ2v) is 4.66. The quantitative estimate of drug-likeness (QED) is 0.896. The Balaban J connectivity index is 1.81. The fourth-order valence-electron chi connectivity index (χ4n) is 2.47. The summed E-state index contributed by atoms with van der Waals surface area (Å²) in [5.41, 5.74) is 4.15. The first kappa shape index (κ1) is 11.0. The zero-order valence-corrected chi connectivity index (χ0v) is 9.97. The number of benzene rings is 1. The molecule has 0 radical (unpaired) electrons. The topological polar surface area (TPSA) is 55.1 Å². The zero-order chi connectivity index (χ0) is 12.5. The van der Waals surface area contributed by atoms with Crippen LogP contribution in [0.2, 0.25) is 0 Å². The van der Waals surface area contributed by atoms with Gasteiger partial charge in [-0.25, -0.2) is 4.79 Å². The molecule has 0 atom stereocenters. The highest BCUT2D eigenvalue weighted by Gasteiger charge is 2.11. The van der Waals surface area contributed by atoms with Crippen LogP contribution in [0.5, 0.6) is 0 Å². The van der Waals surface area contributed by atoms with Crippen molar-refractivity contribution in [3.8, 4) is 0 Å². The van der Waals surface area contributed by atoms with E-state index < -0.39 is 5.97 Å². The summed E-state index contributed by atoms with van der Waals surface area (Å²) in [6.45, 7) is 0.626. The van der Waals surface area contributed by atoms with E-state index >= 15 is 0 Å². The summed E-state index contributed by atoms with van der Waals surface area (Å²) in [6, 6.07) is 8.02. The predicted octanol–water partition coefficient (Wildman–Crippen LogP) is 2.12. The molecule has 18 heavy (non-hydrogen) atoms. The number of aromatic nitrogens is 2. The van der Waals surface area contributed by atoms with Crippen LogP contribution in [0.4, 0.5) is 0 Å². The van der Waals surface area contributed by atoms with Crippen LogP contribution < -0.4 is 0 Å². The van der Waals surface area contributed by atoms with Gasteiger partial charge in [0.1, 0.15) is 0 Å². The molecule has 0 spiro atoms. The fraction of sp³-hybridized carbons (Fsp3) is 0.286. The molecule has 4 nitrogen and oxygen atoms in total. The van der Waals surface area contributed by atoms with Crippen LogP contribution >= 0.6 is 0 Å². The number of carbonyl (C=O) groups is 1. The Labute approximate surface area is 105 Å². The van der Waals surface area contributed by atoms with Gasteiger partial charge in [0.2, 0.25) is 0 Å². The zero-order valence-electron chi connectivity index (χ0n) is 9.97. The summed E-state index contributed by atoms with van der Waals surface area (Å²) >= 11 is 0. The molecule has 1 aliphatic rings. The average Bonchev–Trinajstić information content (AvgIpc) is 2.96. The summed E-state index contributed by atoms with van der Waals surface area (Å²) in [6.07, 6.45) is 5.28. The molecule has 0 saturated carbocycles. The highest BCUT2D eigenvalue weighted by molar-refractivity contribution is 5.85. The van der Waals surface area contributed by atoms with Crippen LogP contribution in [0.3, 0.4) is 0 Å². The lowest BCUT2D eigenvalue weighted by atomic mass is 10.1. The van der Waals surface area contributed by atoms with Crippen molar-refractivity contribution >= 4 is 5.97 Å². The maximum absolute atomic E-state index is 10.7. The number of hydrogen-bond acceptors (Lipinski definition) is 2. The third kappa shape index (κ3) is 2.01. The van der Waals surface area contributed by atoms with E-state index in [2.05, 4.69) is 23.3 Å². The number of hydrogen-bond donors (Lipinski definition) is 1. The van der Waals surface area contributed by atoms with Crippen LogP contribution in [-0.2, 0) is 19.4 Å². The largest absolute Gasteiger partial charge is 0.476 e. The van der Waals surface area contributed by atoms with Crippen molar-refractivity contribution in [2.24, 2.45) is 0 Å². The van der Waals surface area contributed by atoms with E-state index in [1.54, 1.807) is 10.9 Å². The van der Waals surface area contributed by atoms with Gasteiger partial charge in [0, 0.05) is 6.20 Å². The van der Waals surface area contributed by atoms with E-state index in [1.165, 1.54) is 35.6 Å². The van der Waals surface area contributed by atoms with E-state index in [-0.39, 0.29) is 5.69 Å². The van der Waals surface area contributed by atoms with Gasteiger partial charge < -0.3 is 5.11 Å². The molecule has 1 aliphatic carbocycles. The summed E-state index contributed by atoms with van der Waals surface area (Å²) in [5, 5.41) is 12.8. The number of carboxylic acid groups (broad SMARTS) is 1. The Hall–Kier alpha value is -2.10. The molecule has 0 bridgehead atoms. The summed E-state index contributed by atoms with van der Waals surface area (Å²) in [5.74, 6) is -0.984. The number of aromatic carboxylic acids is 1. The van der Waals surface area contributed by atoms with Gasteiger partial charge in [-0.3, -0.25) is 4.68 Å². The van der Waals surface area contributed by atoms with Crippen molar-refractivity contribution in [2.45, 2.75) is 25.8 Å². The Morgan fingerprint density at radius 1 is 1.28 bits per heavy atom. The molecule has 0 amide bonds. The van der Waals surface area contributed by atoms with Crippen molar-refractivity contribution in [1.29, 1.82) is 0 Å². The van der Waals surface area contributed by atoms with Crippen LogP contribution in [0.15, 0.2) is 30.5 Å². The summed E-state index contributed by atoms with van der Waals surface area (Å²) < 4.78 is 1.67. The standard InChI is InChI=1S/C14H14N2O2/c17-14(18)13-6-7-16(15-13)9-10-4-5-11-2-1-3-12(11)8-10/h4-8H,1-3,9H2,(H,17,18). The Morgan fingerprint density at radius 2 is 2.11 bits per heavy atom. The van der Waals surface area contributed by atoms with E-state index in [1.807, 2.05) is 0 Å². The van der Waals surface area contributed by atoms with Crippen molar-refractivity contribution in [3.63, 3.8) is 0 Å². The summed E-state index contributed by atoms with van der Waals surface area (Å²) in [4.78, 5) is 10.7. The first-order chi connectivity index (χ1) is 8.72. The first-order valence-electron chi connectivity index (χ1n) is 6.10. The van der Waals surface area contributed by atoms with Gasteiger partial charge in [-0.2, -0.15) is 5.10 Å². The van der Waals surface area contributed by atoms with E-state index in [0.29, 0.717) is 6.54 Å². The Morgan fingerprint density at radius 3 is 2.89 bits per heavy atom. The second-order valence-electron chi connectivity index (χ2n) is 4.66. The first-order valence-corrected chi connectivity index (χ1v) is 6.10. The van der Waals surface area contributed by atoms with Crippen molar-refractivity contribution < 1.29 is 9.90 Å². The molecule has 0 unspecified atom stereocenters. The second kappa shape index (κ2) is 4.29. The van der Waals surface area contributed by atoms with Gasteiger partial charge in [-0.05, 0) is 42.0 Å². The normalized spacial score (nSPS) is 13.6. The molecule has 3 rings (SSSR count). The summed E-state index contributed by atoms with van der Waals surface area (Å²) in [7, 11) is 0.